The minimum Gasteiger partial charge on any atom is -0.468 e. The number of halogens is 2. The van der Waals surface area contributed by atoms with Crippen LogP contribution in [0.4, 0.5) is 4.39 Å². The fraction of sp³-hybridized carbons (Fsp3) is 0.261. The lowest BCUT2D eigenvalue weighted by atomic mass is 10.1. The van der Waals surface area contributed by atoms with E-state index >= 15 is 0 Å². The lowest BCUT2D eigenvalue weighted by Gasteiger charge is -2.22. The third kappa shape index (κ3) is 5.25. The largest absolute Gasteiger partial charge is 0.468 e. The number of rotatable bonds is 8. The first-order valence-corrected chi connectivity index (χ1v) is 10.0. The maximum absolute atomic E-state index is 14.3. The van der Waals surface area contributed by atoms with Gasteiger partial charge in [-0.25, -0.2) is 4.39 Å². The highest BCUT2D eigenvalue weighted by molar-refractivity contribution is 6.31. The summed E-state index contributed by atoms with van der Waals surface area (Å²) in [5, 5.41) is 3.39. The lowest BCUT2D eigenvalue weighted by molar-refractivity contribution is 0.0951. The molecule has 1 heterocycles. The van der Waals surface area contributed by atoms with Gasteiger partial charge in [0.25, 0.3) is 5.91 Å². The predicted octanol–water partition coefficient (Wildman–Crippen LogP) is 5.17. The van der Waals surface area contributed by atoms with E-state index in [0.29, 0.717) is 41.8 Å². The number of benzene rings is 2. The fourth-order valence-electron chi connectivity index (χ4n) is 3.21. The molecule has 0 spiro atoms. The zero-order valence-electron chi connectivity index (χ0n) is 15.9. The van der Waals surface area contributed by atoms with E-state index in [1.807, 2.05) is 36.4 Å². The Bertz CT molecular complexity index is 949. The van der Waals surface area contributed by atoms with Gasteiger partial charge in [-0.05, 0) is 54.8 Å². The normalized spacial score (nSPS) is 13.6. The maximum Gasteiger partial charge on any atom is 0.251 e. The van der Waals surface area contributed by atoms with Gasteiger partial charge in [0, 0.05) is 35.3 Å². The van der Waals surface area contributed by atoms with Crippen LogP contribution in [0.15, 0.2) is 65.3 Å². The number of hydrogen-bond donors (Lipinski definition) is 1. The highest BCUT2D eigenvalue weighted by Crippen LogP contribution is 2.23. The number of carbonyl (C=O) groups is 1. The third-order valence-corrected chi connectivity index (χ3v) is 5.29. The quantitative estimate of drug-likeness (QED) is 0.555. The molecular weight excluding hydrogens is 391 g/mol. The first kappa shape index (κ1) is 19.7. The van der Waals surface area contributed by atoms with Crippen molar-refractivity contribution in [2.24, 2.45) is 0 Å². The van der Waals surface area contributed by atoms with Gasteiger partial charge in [-0.15, -0.1) is 0 Å². The van der Waals surface area contributed by atoms with E-state index in [9.17, 15) is 9.18 Å². The third-order valence-electron chi connectivity index (χ3n) is 4.94. The lowest BCUT2D eigenvalue weighted by Crippen LogP contribution is -2.25. The summed E-state index contributed by atoms with van der Waals surface area (Å²) < 4.78 is 19.8. The average Bonchev–Trinajstić information content (AvgIpc) is 3.37. The zero-order chi connectivity index (χ0) is 20.2. The Balaban J connectivity index is 1.49. The fourth-order valence-corrected chi connectivity index (χ4v) is 3.44. The van der Waals surface area contributed by atoms with Crippen LogP contribution in [0.5, 0.6) is 0 Å². The summed E-state index contributed by atoms with van der Waals surface area (Å²) in [7, 11) is 0. The topological polar surface area (TPSA) is 45.5 Å². The molecule has 3 aromatic rings. The Morgan fingerprint density at radius 3 is 2.52 bits per heavy atom. The van der Waals surface area contributed by atoms with Crippen LogP contribution >= 0.6 is 11.6 Å². The highest BCUT2D eigenvalue weighted by Gasteiger charge is 2.23. The van der Waals surface area contributed by atoms with Crippen LogP contribution in [0.25, 0.3) is 0 Å². The molecule has 4 nitrogen and oxygen atoms in total. The van der Waals surface area contributed by atoms with Crippen molar-refractivity contribution in [3.8, 4) is 0 Å². The second-order valence-corrected chi connectivity index (χ2v) is 7.78. The molecule has 0 unspecified atom stereocenters. The standard InChI is InChI=1S/C23H22ClFN2O2/c24-21-4-1-5-22(25)20(21)15-27(14-19-3-2-12-29-19)13-16-6-8-17(9-7-16)23(28)26-18-10-11-18/h1-9,12,18H,10-11,13-15H2,(H,26,28). The molecule has 1 saturated carbocycles. The van der Waals surface area contributed by atoms with Gasteiger partial charge in [-0.3, -0.25) is 9.69 Å². The van der Waals surface area contributed by atoms with Crippen LogP contribution < -0.4 is 5.32 Å². The molecule has 1 fully saturated rings. The SMILES string of the molecule is O=C(NC1CC1)c1ccc(CN(Cc2ccco2)Cc2c(F)cccc2Cl)cc1. The molecule has 1 aromatic heterocycles. The summed E-state index contributed by atoms with van der Waals surface area (Å²) in [6.45, 7) is 1.42. The molecular formula is C23H22ClFN2O2. The summed E-state index contributed by atoms with van der Waals surface area (Å²) >= 11 is 6.23. The van der Waals surface area contributed by atoms with E-state index < -0.39 is 0 Å². The molecule has 6 heteroatoms. The van der Waals surface area contributed by atoms with Crippen molar-refractivity contribution in [1.82, 2.24) is 10.2 Å². The summed E-state index contributed by atoms with van der Waals surface area (Å²) in [6, 6.07) is 16.3. The zero-order valence-corrected chi connectivity index (χ0v) is 16.7. The molecule has 2 aromatic carbocycles. The predicted molar refractivity (Wildman–Crippen MR) is 110 cm³/mol. The van der Waals surface area contributed by atoms with Crippen molar-refractivity contribution in [2.45, 2.75) is 38.5 Å². The van der Waals surface area contributed by atoms with E-state index in [0.717, 1.165) is 24.2 Å². The Labute approximate surface area is 174 Å². The minimum atomic E-state index is -0.325. The van der Waals surface area contributed by atoms with Gasteiger partial charge < -0.3 is 9.73 Å². The first-order valence-electron chi connectivity index (χ1n) is 9.66. The number of amides is 1. The van der Waals surface area contributed by atoms with E-state index in [2.05, 4.69) is 10.2 Å². The smallest absolute Gasteiger partial charge is 0.251 e. The Morgan fingerprint density at radius 1 is 1.07 bits per heavy atom. The van der Waals surface area contributed by atoms with Crippen molar-refractivity contribution < 1.29 is 13.6 Å². The van der Waals surface area contributed by atoms with Crippen LogP contribution in [-0.4, -0.2) is 16.8 Å². The molecule has 1 N–H and O–H groups in total. The molecule has 4 rings (SSSR count). The number of furan rings is 1. The molecule has 0 radical (unpaired) electrons. The van der Waals surface area contributed by atoms with Crippen LogP contribution in [0.1, 0.15) is 40.1 Å². The van der Waals surface area contributed by atoms with Crippen molar-refractivity contribution in [3.63, 3.8) is 0 Å². The van der Waals surface area contributed by atoms with Crippen LogP contribution in [0, 0.1) is 5.82 Å². The summed E-state index contributed by atoms with van der Waals surface area (Å²) in [6.07, 6.45) is 3.74. The summed E-state index contributed by atoms with van der Waals surface area (Å²) in [5.41, 5.74) is 2.13. The summed E-state index contributed by atoms with van der Waals surface area (Å²) in [4.78, 5) is 14.2. The van der Waals surface area contributed by atoms with Gasteiger partial charge in [0.15, 0.2) is 0 Å². The number of nitrogens with zero attached hydrogens (tertiary/aromatic N) is 1. The van der Waals surface area contributed by atoms with Gasteiger partial charge >= 0.3 is 0 Å². The van der Waals surface area contributed by atoms with E-state index in [-0.39, 0.29) is 11.7 Å². The number of nitrogens with one attached hydrogen (secondary N) is 1. The van der Waals surface area contributed by atoms with Gasteiger partial charge in [0.1, 0.15) is 11.6 Å². The monoisotopic (exact) mass is 412 g/mol. The molecule has 1 aliphatic rings. The van der Waals surface area contributed by atoms with Gasteiger partial charge in [0.2, 0.25) is 0 Å². The van der Waals surface area contributed by atoms with Gasteiger partial charge in [-0.1, -0.05) is 29.8 Å². The molecule has 0 atom stereocenters. The van der Waals surface area contributed by atoms with Crippen LogP contribution in [-0.2, 0) is 19.6 Å². The molecule has 1 amide bonds. The molecule has 0 bridgehead atoms. The van der Waals surface area contributed by atoms with E-state index in [1.165, 1.54) is 6.07 Å². The van der Waals surface area contributed by atoms with Crippen molar-refractivity contribution in [2.75, 3.05) is 0 Å². The van der Waals surface area contributed by atoms with Crippen LogP contribution in [0.2, 0.25) is 5.02 Å². The molecule has 0 saturated heterocycles. The first-order chi connectivity index (χ1) is 14.1. The van der Waals surface area contributed by atoms with Crippen molar-refractivity contribution in [1.29, 1.82) is 0 Å². The van der Waals surface area contributed by atoms with Gasteiger partial charge in [-0.2, -0.15) is 0 Å². The number of carbonyl (C=O) groups excluding carboxylic acids is 1. The molecule has 150 valence electrons. The summed E-state index contributed by atoms with van der Waals surface area (Å²) in [5.74, 6) is 0.427. The molecule has 29 heavy (non-hydrogen) atoms. The number of hydrogen-bond acceptors (Lipinski definition) is 3. The average molecular weight is 413 g/mol. The Hall–Kier alpha value is -2.63. The molecule has 0 aliphatic heterocycles. The van der Waals surface area contributed by atoms with Gasteiger partial charge in [0.05, 0.1) is 12.8 Å². The Kier molecular flexibility index (Phi) is 5.97. The second-order valence-electron chi connectivity index (χ2n) is 7.37. The van der Waals surface area contributed by atoms with Crippen molar-refractivity contribution >= 4 is 17.5 Å². The highest BCUT2D eigenvalue weighted by atomic mass is 35.5. The second kappa shape index (κ2) is 8.80. The minimum absolute atomic E-state index is 0.0374. The van der Waals surface area contributed by atoms with E-state index in [1.54, 1.807) is 18.4 Å². The Morgan fingerprint density at radius 2 is 1.86 bits per heavy atom. The van der Waals surface area contributed by atoms with E-state index in [4.69, 9.17) is 16.0 Å². The van der Waals surface area contributed by atoms with Crippen LogP contribution in [0.3, 0.4) is 0 Å². The van der Waals surface area contributed by atoms with Crippen molar-refractivity contribution in [3.05, 3.63) is 94.2 Å². The molecule has 1 aliphatic carbocycles. The maximum atomic E-state index is 14.3.